The highest BCUT2D eigenvalue weighted by molar-refractivity contribution is 5.89. The quantitative estimate of drug-likeness (QED) is 0.701. The van der Waals surface area contributed by atoms with Crippen molar-refractivity contribution < 1.29 is 19.5 Å². The second kappa shape index (κ2) is 5.65. The van der Waals surface area contributed by atoms with Crippen LogP contribution in [0.2, 0.25) is 0 Å². The third-order valence-electron chi connectivity index (χ3n) is 2.92. The van der Waals surface area contributed by atoms with Gasteiger partial charge in [-0.3, -0.25) is 14.4 Å². The summed E-state index contributed by atoms with van der Waals surface area (Å²) >= 11 is 0. The molecule has 0 aromatic heterocycles. The Morgan fingerprint density at radius 2 is 2.24 bits per heavy atom. The van der Waals surface area contributed by atoms with Crippen LogP contribution in [0.5, 0.6) is 0 Å². The molecule has 6 heteroatoms. The van der Waals surface area contributed by atoms with E-state index in [-0.39, 0.29) is 37.4 Å². The molecule has 1 saturated heterocycles. The van der Waals surface area contributed by atoms with E-state index in [2.05, 4.69) is 5.32 Å². The molecule has 0 saturated carbocycles. The summed E-state index contributed by atoms with van der Waals surface area (Å²) in [6.07, 6.45) is 0.809. The summed E-state index contributed by atoms with van der Waals surface area (Å²) in [5, 5.41) is 11.5. The molecule has 2 atom stereocenters. The number of amides is 2. The number of carboxylic acid groups (broad SMARTS) is 1. The first-order valence-corrected chi connectivity index (χ1v) is 5.74. The van der Waals surface area contributed by atoms with Crippen LogP contribution in [0.25, 0.3) is 0 Å². The number of hydrogen-bond acceptors (Lipinski definition) is 3. The fraction of sp³-hybridized carbons (Fsp3) is 0.727. The molecule has 0 spiro atoms. The lowest BCUT2D eigenvalue weighted by molar-refractivity contribution is -0.141. The third kappa shape index (κ3) is 3.72. The van der Waals surface area contributed by atoms with E-state index in [4.69, 9.17) is 5.11 Å². The highest BCUT2D eigenvalue weighted by atomic mass is 16.4. The monoisotopic (exact) mass is 242 g/mol. The number of carboxylic acids is 1. The van der Waals surface area contributed by atoms with Gasteiger partial charge in [-0.25, -0.2) is 0 Å². The summed E-state index contributed by atoms with van der Waals surface area (Å²) in [4.78, 5) is 35.0. The van der Waals surface area contributed by atoms with Crippen molar-refractivity contribution in [3.8, 4) is 0 Å². The van der Waals surface area contributed by atoms with Crippen molar-refractivity contribution in [2.45, 2.75) is 32.7 Å². The van der Waals surface area contributed by atoms with Crippen molar-refractivity contribution in [3.05, 3.63) is 0 Å². The number of nitrogens with one attached hydrogen (secondary N) is 1. The van der Waals surface area contributed by atoms with Crippen LogP contribution in [0, 0.1) is 5.92 Å². The number of rotatable bonds is 5. The van der Waals surface area contributed by atoms with Crippen LogP contribution in [-0.2, 0) is 14.4 Å². The molecule has 2 N–H and O–H groups in total. The van der Waals surface area contributed by atoms with Gasteiger partial charge in [-0.05, 0) is 13.3 Å². The fourth-order valence-corrected chi connectivity index (χ4v) is 1.69. The van der Waals surface area contributed by atoms with Gasteiger partial charge in [0.25, 0.3) is 0 Å². The van der Waals surface area contributed by atoms with Crippen molar-refractivity contribution in [2.24, 2.45) is 5.92 Å². The molecule has 1 rings (SSSR count). The first kappa shape index (κ1) is 13.5. The van der Waals surface area contributed by atoms with Gasteiger partial charge in [-0.2, -0.15) is 0 Å². The van der Waals surface area contributed by atoms with Crippen molar-refractivity contribution in [3.63, 3.8) is 0 Å². The van der Waals surface area contributed by atoms with E-state index in [1.165, 1.54) is 4.90 Å². The van der Waals surface area contributed by atoms with E-state index < -0.39 is 11.9 Å². The molecule has 6 nitrogen and oxygen atoms in total. The zero-order chi connectivity index (χ0) is 13.0. The molecule has 17 heavy (non-hydrogen) atoms. The number of hydrogen-bond donors (Lipinski definition) is 2. The Kier molecular flexibility index (Phi) is 4.48. The maximum atomic E-state index is 11.5. The van der Waals surface area contributed by atoms with Crippen LogP contribution in [0.15, 0.2) is 0 Å². The summed E-state index contributed by atoms with van der Waals surface area (Å²) in [5.41, 5.74) is 0. The molecule has 0 aromatic rings. The molecule has 0 aliphatic carbocycles. The highest BCUT2D eigenvalue weighted by Gasteiger charge is 2.35. The minimum Gasteiger partial charge on any atom is -0.481 e. The summed E-state index contributed by atoms with van der Waals surface area (Å²) in [5.74, 6) is -2.17. The normalized spacial score (nSPS) is 21.4. The highest BCUT2D eigenvalue weighted by Crippen LogP contribution is 2.17. The van der Waals surface area contributed by atoms with Gasteiger partial charge < -0.3 is 15.3 Å². The Morgan fingerprint density at radius 3 is 2.71 bits per heavy atom. The molecule has 0 aromatic carbocycles. The van der Waals surface area contributed by atoms with Gasteiger partial charge in [0.2, 0.25) is 11.8 Å². The molecule has 1 fully saturated rings. The van der Waals surface area contributed by atoms with Gasteiger partial charge in [0.1, 0.15) is 0 Å². The second-order valence-corrected chi connectivity index (χ2v) is 4.39. The van der Waals surface area contributed by atoms with Crippen molar-refractivity contribution in [2.75, 3.05) is 13.1 Å². The summed E-state index contributed by atoms with van der Waals surface area (Å²) in [6.45, 7) is 3.91. The SMILES string of the molecule is CCC(C)NC(=O)CN1CC(C(=O)O)CC1=O. The molecule has 0 radical (unpaired) electrons. The van der Waals surface area contributed by atoms with E-state index in [9.17, 15) is 14.4 Å². The molecule has 2 unspecified atom stereocenters. The topological polar surface area (TPSA) is 86.7 Å². The summed E-state index contributed by atoms with van der Waals surface area (Å²) in [7, 11) is 0. The van der Waals surface area contributed by atoms with Crippen LogP contribution in [0.4, 0.5) is 0 Å². The Hall–Kier alpha value is -1.59. The van der Waals surface area contributed by atoms with Crippen molar-refractivity contribution in [1.82, 2.24) is 10.2 Å². The molecule has 2 amide bonds. The number of carbonyl (C=O) groups excluding carboxylic acids is 2. The molecule has 1 aliphatic heterocycles. The van der Waals surface area contributed by atoms with Gasteiger partial charge in [0.15, 0.2) is 0 Å². The third-order valence-corrected chi connectivity index (χ3v) is 2.92. The van der Waals surface area contributed by atoms with E-state index in [0.717, 1.165) is 6.42 Å². The number of carbonyl (C=O) groups is 3. The van der Waals surface area contributed by atoms with Gasteiger partial charge in [-0.15, -0.1) is 0 Å². The Bertz CT molecular complexity index is 329. The molecular formula is C11H18N2O4. The van der Waals surface area contributed by atoms with Crippen LogP contribution >= 0.6 is 0 Å². The van der Waals surface area contributed by atoms with Crippen LogP contribution in [0.1, 0.15) is 26.7 Å². The van der Waals surface area contributed by atoms with Gasteiger partial charge >= 0.3 is 5.97 Å². The largest absolute Gasteiger partial charge is 0.481 e. The minimum absolute atomic E-state index is 0.00799. The molecule has 1 heterocycles. The fourth-order valence-electron chi connectivity index (χ4n) is 1.69. The predicted octanol–water partition coefficient (Wildman–Crippen LogP) is -0.166. The second-order valence-electron chi connectivity index (χ2n) is 4.39. The first-order valence-electron chi connectivity index (χ1n) is 5.74. The maximum Gasteiger partial charge on any atom is 0.308 e. The minimum atomic E-state index is -0.983. The number of likely N-dealkylation sites (tertiary alicyclic amines) is 1. The molecule has 96 valence electrons. The van der Waals surface area contributed by atoms with Gasteiger partial charge in [-0.1, -0.05) is 6.92 Å². The molecular weight excluding hydrogens is 224 g/mol. The van der Waals surface area contributed by atoms with E-state index in [1.807, 2.05) is 13.8 Å². The Balaban J connectivity index is 2.44. The molecule has 1 aliphatic rings. The predicted molar refractivity (Wildman–Crippen MR) is 60.2 cm³/mol. The lowest BCUT2D eigenvalue weighted by Gasteiger charge is -2.17. The Morgan fingerprint density at radius 1 is 1.59 bits per heavy atom. The average molecular weight is 242 g/mol. The average Bonchev–Trinajstić information content (AvgIpc) is 2.60. The van der Waals surface area contributed by atoms with Crippen LogP contribution in [-0.4, -0.2) is 46.9 Å². The van der Waals surface area contributed by atoms with Gasteiger partial charge in [0, 0.05) is 19.0 Å². The van der Waals surface area contributed by atoms with E-state index in [0.29, 0.717) is 0 Å². The Labute approximate surface area is 100.0 Å². The van der Waals surface area contributed by atoms with Crippen LogP contribution < -0.4 is 5.32 Å². The first-order chi connectivity index (χ1) is 7.93. The zero-order valence-electron chi connectivity index (χ0n) is 10.1. The number of aliphatic carboxylic acids is 1. The smallest absolute Gasteiger partial charge is 0.308 e. The zero-order valence-corrected chi connectivity index (χ0v) is 10.1. The van der Waals surface area contributed by atoms with Crippen molar-refractivity contribution >= 4 is 17.8 Å². The molecule has 0 bridgehead atoms. The van der Waals surface area contributed by atoms with Crippen molar-refractivity contribution in [1.29, 1.82) is 0 Å². The summed E-state index contributed by atoms with van der Waals surface area (Å²) in [6, 6.07) is 0.0653. The number of nitrogens with zero attached hydrogens (tertiary/aromatic N) is 1. The lowest BCUT2D eigenvalue weighted by Crippen LogP contribution is -2.41. The van der Waals surface area contributed by atoms with Gasteiger partial charge in [0.05, 0.1) is 12.5 Å². The lowest BCUT2D eigenvalue weighted by atomic mass is 10.1. The van der Waals surface area contributed by atoms with E-state index in [1.54, 1.807) is 0 Å². The van der Waals surface area contributed by atoms with Crippen LogP contribution in [0.3, 0.4) is 0 Å². The van der Waals surface area contributed by atoms with E-state index >= 15 is 0 Å². The standard InChI is InChI=1S/C11H18N2O4/c1-3-7(2)12-9(14)6-13-5-8(11(16)17)4-10(13)15/h7-8H,3-6H2,1-2H3,(H,12,14)(H,16,17). The maximum absolute atomic E-state index is 11.5. The summed E-state index contributed by atoms with van der Waals surface area (Å²) < 4.78 is 0.